The normalized spacial score (nSPS) is 48.4. The van der Waals surface area contributed by atoms with Gasteiger partial charge in [-0.1, -0.05) is 0 Å². The fourth-order valence-corrected chi connectivity index (χ4v) is 3.70. The van der Waals surface area contributed by atoms with Gasteiger partial charge < -0.3 is 4.74 Å². The van der Waals surface area contributed by atoms with Gasteiger partial charge in [0, 0.05) is 11.5 Å². The molecular weight excluding hydrogens is 202 g/mol. The number of nitrogens with zero attached hydrogens (tertiary/aromatic N) is 1. The maximum absolute atomic E-state index is 6.19. The molecule has 0 N–H and O–H groups in total. The van der Waals surface area contributed by atoms with E-state index >= 15 is 0 Å². The Morgan fingerprint density at radius 1 is 1.12 bits per heavy atom. The van der Waals surface area contributed by atoms with Crippen LogP contribution in [-0.2, 0) is 9.57 Å². The molecule has 1 aliphatic carbocycles. The summed E-state index contributed by atoms with van der Waals surface area (Å²) in [5, 5.41) is 2.22. The molecule has 0 amide bonds. The van der Waals surface area contributed by atoms with Gasteiger partial charge in [-0.15, -0.1) is 0 Å². The van der Waals surface area contributed by atoms with Crippen LogP contribution in [0.2, 0.25) is 0 Å². The van der Waals surface area contributed by atoms with E-state index in [4.69, 9.17) is 9.57 Å². The molecule has 3 nitrogen and oxygen atoms in total. The Hall–Kier alpha value is -0.120. The van der Waals surface area contributed by atoms with Crippen LogP contribution in [0.5, 0.6) is 0 Å². The molecule has 5 atom stereocenters. The first-order valence-corrected chi connectivity index (χ1v) is 6.60. The smallest absolute Gasteiger partial charge is 0.0863 e. The number of ether oxygens (including phenoxy) is 1. The van der Waals surface area contributed by atoms with Crippen LogP contribution in [0.3, 0.4) is 0 Å². The minimum atomic E-state index is 0.0779. The van der Waals surface area contributed by atoms with Gasteiger partial charge in [-0.3, -0.25) is 4.84 Å². The largest absolute Gasteiger partial charge is 0.373 e. The van der Waals surface area contributed by atoms with Gasteiger partial charge in [0.2, 0.25) is 0 Å². The zero-order valence-electron chi connectivity index (χ0n) is 10.8. The van der Waals surface area contributed by atoms with Crippen molar-refractivity contribution in [2.75, 3.05) is 0 Å². The summed E-state index contributed by atoms with van der Waals surface area (Å²) < 4.78 is 6.10. The molecule has 0 bridgehead atoms. The molecule has 2 saturated heterocycles. The second kappa shape index (κ2) is 3.44. The monoisotopic (exact) mass is 225 g/mol. The summed E-state index contributed by atoms with van der Waals surface area (Å²) in [6.07, 6.45) is 4.86. The third kappa shape index (κ3) is 1.45. The van der Waals surface area contributed by atoms with Crippen LogP contribution in [0.15, 0.2) is 0 Å². The zero-order valence-corrected chi connectivity index (χ0v) is 10.8. The van der Waals surface area contributed by atoms with Crippen molar-refractivity contribution < 1.29 is 9.57 Å². The standard InChI is InChI=1S/C13H23NO2/c1-8-12-11-9(15-8)6-5-7-10(11)16-14(12)13(2,3)4/h8-12H,5-7H2,1-4H3/t8-,9+,10-,11+,12+/m0/s1. The molecule has 16 heavy (non-hydrogen) atoms. The van der Waals surface area contributed by atoms with Crippen molar-refractivity contribution in [3.63, 3.8) is 0 Å². The molecule has 3 aliphatic rings. The van der Waals surface area contributed by atoms with Gasteiger partial charge in [0.15, 0.2) is 0 Å². The number of hydrogen-bond acceptors (Lipinski definition) is 3. The maximum atomic E-state index is 6.19. The minimum absolute atomic E-state index is 0.0779. The van der Waals surface area contributed by atoms with Gasteiger partial charge in [-0.25, -0.2) is 0 Å². The Labute approximate surface area is 98.0 Å². The lowest BCUT2D eigenvalue weighted by Gasteiger charge is -2.36. The summed E-state index contributed by atoms with van der Waals surface area (Å²) in [6, 6.07) is 0.468. The SMILES string of the molecule is C[C@@H]1O[C@@H]2CCC[C@@H]3ON(C(C)(C)C)[C@H]1[C@@H]32. The van der Waals surface area contributed by atoms with E-state index in [9.17, 15) is 0 Å². The van der Waals surface area contributed by atoms with E-state index in [0.717, 1.165) is 0 Å². The molecule has 0 spiro atoms. The summed E-state index contributed by atoms with van der Waals surface area (Å²) in [5.74, 6) is 0.614. The summed E-state index contributed by atoms with van der Waals surface area (Å²) in [5.41, 5.74) is 0.0779. The third-order valence-corrected chi connectivity index (χ3v) is 4.28. The first kappa shape index (κ1) is 11.0. The van der Waals surface area contributed by atoms with E-state index < -0.39 is 0 Å². The Morgan fingerprint density at radius 2 is 1.81 bits per heavy atom. The van der Waals surface area contributed by atoms with E-state index in [1.807, 2.05) is 0 Å². The van der Waals surface area contributed by atoms with Crippen LogP contribution in [-0.4, -0.2) is 35.0 Å². The Balaban J connectivity index is 1.91. The second-order valence-electron chi connectivity index (χ2n) is 6.52. The highest BCUT2D eigenvalue weighted by Crippen LogP contribution is 2.48. The summed E-state index contributed by atoms with van der Waals surface area (Å²) in [4.78, 5) is 6.19. The van der Waals surface area contributed by atoms with Crippen molar-refractivity contribution in [1.82, 2.24) is 5.06 Å². The molecule has 3 heteroatoms. The topological polar surface area (TPSA) is 21.7 Å². The van der Waals surface area contributed by atoms with Crippen LogP contribution in [0.1, 0.15) is 47.0 Å². The predicted octanol–water partition coefficient (Wildman–Crippen LogP) is 2.36. The lowest BCUT2D eigenvalue weighted by molar-refractivity contribution is -0.233. The van der Waals surface area contributed by atoms with Crippen molar-refractivity contribution in [1.29, 1.82) is 0 Å². The average Bonchev–Trinajstić information content (AvgIpc) is 2.70. The highest BCUT2D eigenvalue weighted by atomic mass is 16.7. The van der Waals surface area contributed by atoms with E-state index in [2.05, 4.69) is 32.8 Å². The van der Waals surface area contributed by atoms with Gasteiger partial charge in [-0.2, -0.15) is 5.06 Å². The van der Waals surface area contributed by atoms with Crippen molar-refractivity contribution in [2.24, 2.45) is 5.92 Å². The first-order chi connectivity index (χ1) is 7.48. The van der Waals surface area contributed by atoms with Gasteiger partial charge in [0.25, 0.3) is 0 Å². The molecule has 3 rings (SSSR count). The fraction of sp³-hybridized carbons (Fsp3) is 1.00. The van der Waals surface area contributed by atoms with E-state index in [0.29, 0.717) is 30.3 Å². The minimum Gasteiger partial charge on any atom is -0.373 e. The zero-order chi connectivity index (χ0) is 11.5. The lowest BCUT2D eigenvalue weighted by atomic mass is 9.80. The molecule has 0 unspecified atom stereocenters. The van der Waals surface area contributed by atoms with Crippen LogP contribution in [0.4, 0.5) is 0 Å². The van der Waals surface area contributed by atoms with Crippen molar-refractivity contribution in [3.05, 3.63) is 0 Å². The lowest BCUT2D eigenvalue weighted by Crippen LogP contribution is -2.47. The number of hydroxylamine groups is 2. The van der Waals surface area contributed by atoms with E-state index in [1.165, 1.54) is 19.3 Å². The molecule has 1 saturated carbocycles. The van der Waals surface area contributed by atoms with E-state index in [1.54, 1.807) is 0 Å². The summed E-state index contributed by atoms with van der Waals surface area (Å²) in [6.45, 7) is 8.88. The van der Waals surface area contributed by atoms with E-state index in [-0.39, 0.29) is 5.54 Å². The molecule has 0 radical (unpaired) electrons. The number of rotatable bonds is 0. The van der Waals surface area contributed by atoms with Gasteiger partial charge in [-0.05, 0) is 47.0 Å². The van der Waals surface area contributed by atoms with Crippen molar-refractivity contribution in [2.45, 2.75) is 76.9 Å². The molecule has 0 aromatic rings. The molecular formula is C13H23NO2. The molecule has 3 fully saturated rings. The van der Waals surface area contributed by atoms with Crippen molar-refractivity contribution >= 4 is 0 Å². The predicted molar refractivity (Wildman–Crippen MR) is 61.9 cm³/mol. The van der Waals surface area contributed by atoms with Gasteiger partial charge in [0.05, 0.1) is 24.4 Å². The van der Waals surface area contributed by atoms with Gasteiger partial charge >= 0.3 is 0 Å². The highest BCUT2D eigenvalue weighted by Gasteiger charge is 2.58. The Morgan fingerprint density at radius 3 is 2.50 bits per heavy atom. The molecule has 0 aromatic carbocycles. The summed E-state index contributed by atoms with van der Waals surface area (Å²) in [7, 11) is 0. The van der Waals surface area contributed by atoms with Crippen LogP contribution in [0, 0.1) is 5.92 Å². The third-order valence-electron chi connectivity index (χ3n) is 4.28. The fourth-order valence-electron chi connectivity index (χ4n) is 3.70. The van der Waals surface area contributed by atoms with Crippen molar-refractivity contribution in [3.8, 4) is 0 Å². The Kier molecular flexibility index (Phi) is 2.36. The average molecular weight is 225 g/mol. The second-order valence-corrected chi connectivity index (χ2v) is 6.52. The molecule has 2 aliphatic heterocycles. The summed E-state index contributed by atoms with van der Waals surface area (Å²) >= 11 is 0. The highest BCUT2D eigenvalue weighted by molar-refractivity contribution is 5.04. The molecule has 0 aromatic heterocycles. The van der Waals surface area contributed by atoms with Crippen LogP contribution >= 0.6 is 0 Å². The Bertz CT molecular complexity index is 286. The number of hydrogen-bond donors (Lipinski definition) is 0. The molecule has 92 valence electrons. The quantitative estimate of drug-likeness (QED) is 0.631. The molecule has 2 heterocycles. The van der Waals surface area contributed by atoms with Crippen LogP contribution in [0.25, 0.3) is 0 Å². The van der Waals surface area contributed by atoms with Gasteiger partial charge in [0.1, 0.15) is 0 Å². The maximum Gasteiger partial charge on any atom is 0.0863 e. The van der Waals surface area contributed by atoms with Crippen LogP contribution < -0.4 is 0 Å². The first-order valence-electron chi connectivity index (χ1n) is 6.60.